The van der Waals surface area contributed by atoms with E-state index in [1.807, 2.05) is 30.5 Å². The minimum atomic E-state index is 0.431. The second-order valence-electron chi connectivity index (χ2n) is 7.21. The van der Waals surface area contributed by atoms with Crippen LogP contribution < -0.4 is 4.74 Å². The van der Waals surface area contributed by atoms with E-state index in [2.05, 4.69) is 60.7 Å². The minimum absolute atomic E-state index is 0.431. The Morgan fingerprint density at radius 1 is 0.964 bits per heavy atom. The predicted octanol–water partition coefficient (Wildman–Crippen LogP) is 6.24. The molecular weight excluding hydrogens is 368 g/mol. The fourth-order valence-electron chi connectivity index (χ4n) is 3.52. The van der Waals surface area contributed by atoms with E-state index in [-0.39, 0.29) is 0 Å². The van der Waals surface area contributed by atoms with Crippen LogP contribution >= 0.6 is 11.6 Å². The Morgan fingerprint density at radius 2 is 1.75 bits per heavy atom. The Kier molecular flexibility index (Phi) is 5.10. The average Bonchev–Trinajstić information content (AvgIpc) is 2.94. The van der Waals surface area contributed by atoms with Crippen LogP contribution in [-0.2, 0) is 13.2 Å². The van der Waals surface area contributed by atoms with Gasteiger partial charge < -0.3 is 9.30 Å². The van der Waals surface area contributed by atoms with Crippen LogP contribution in [-0.4, -0.2) is 9.55 Å². The molecular formula is C24H23ClN2O. The summed E-state index contributed by atoms with van der Waals surface area (Å²) in [6.07, 6.45) is 1.82. The van der Waals surface area contributed by atoms with Gasteiger partial charge in [0, 0.05) is 28.8 Å². The van der Waals surface area contributed by atoms with Crippen LogP contribution in [0.15, 0.2) is 60.8 Å². The molecule has 0 spiro atoms. The summed E-state index contributed by atoms with van der Waals surface area (Å²) in [5, 5.41) is 1.89. The van der Waals surface area contributed by atoms with Crippen LogP contribution in [0.3, 0.4) is 0 Å². The largest absolute Gasteiger partial charge is 0.471 e. The predicted molar refractivity (Wildman–Crippen MR) is 115 cm³/mol. The van der Waals surface area contributed by atoms with Crippen molar-refractivity contribution in [3.05, 3.63) is 93.8 Å². The van der Waals surface area contributed by atoms with Crippen molar-refractivity contribution in [3.63, 3.8) is 0 Å². The molecule has 0 saturated heterocycles. The third kappa shape index (κ3) is 3.63. The highest BCUT2D eigenvalue weighted by Gasteiger charge is 2.16. The number of aryl methyl sites for hydroxylation is 2. The lowest BCUT2D eigenvalue weighted by Gasteiger charge is -2.12. The quantitative estimate of drug-likeness (QED) is 0.403. The molecule has 0 aliphatic carbocycles. The number of benzene rings is 2. The lowest BCUT2D eigenvalue weighted by Crippen LogP contribution is -2.05. The molecule has 142 valence electrons. The number of rotatable bonds is 5. The molecule has 0 fully saturated rings. The van der Waals surface area contributed by atoms with Crippen LogP contribution in [0, 0.1) is 20.8 Å². The van der Waals surface area contributed by atoms with Gasteiger partial charge in [-0.05, 0) is 55.7 Å². The van der Waals surface area contributed by atoms with Gasteiger partial charge in [0.2, 0.25) is 5.88 Å². The normalized spacial score (nSPS) is 11.1. The highest BCUT2D eigenvalue weighted by molar-refractivity contribution is 6.30. The maximum Gasteiger partial charge on any atom is 0.238 e. The Morgan fingerprint density at radius 3 is 2.50 bits per heavy atom. The molecule has 2 heterocycles. The van der Waals surface area contributed by atoms with Gasteiger partial charge in [-0.2, -0.15) is 0 Å². The van der Waals surface area contributed by atoms with Gasteiger partial charge >= 0.3 is 0 Å². The Balaban J connectivity index is 1.72. The first kappa shape index (κ1) is 18.6. The molecule has 4 aromatic rings. The minimum Gasteiger partial charge on any atom is -0.471 e. The van der Waals surface area contributed by atoms with Gasteiger partial charge in [-0.3, -0.25) is 0 Å². The molecule has 0 saturated carbocycles. The second-order valence-corrected chi connectivity index (χ2v) is 7.65. The Labute approximate surface area is 170 Å². The number of halogens is 1. The molecule has 0 unspecified atom stereocenters. The van der Waals surface area contributed by atoms with Gasteiger partial charge in [0.25, 0.3) is 0 Å². The zero-order chi connectivity index (χ0) is 19.7. The summed E-state index contributed by atoms with van der Waals surface area (Å²) in [7, 11) is 0. The summed E-state index contributed by atoms with van der Waals surface area (Å²) in [6.45, 7) is 7.64. The van der Waals surface area contributed by atoms with Crippen molar-refractivity contribution >= 4 is 22.5 Å². The van der Waals surface area contributed by atoms with Crippen LogP contribution in [0.5, 0.6) is 5.88 Å². The highest BCUT2D eigenvalue weighted by Crippen LogP contribution is 2.32. The van der Waals surface area contributed by atoms with Gasteiger partial charge in [-0.15, -0.1) is 0 Å². The number of aromatic nitrogens is 2. The van der Waals surface area contributed by atoms with Crippen molar-refractivity contribution in [1.29, 1.82) is 0 Å². The summed E-state index contributed by atoms with van der Waals surface area (Å²) in [4.78, 5) is 4.54. The van der Waals surface area contributed by atoms with Gasteiger partial charge in [0.15, 0.2) is 0 Å². The summed E-state index contributed by atoms with van der Waals surface area (Å²) in [5.41, 5.74) is 7.08. The molecule has 28 heavy (non-hydrogen) atoms. The Bertz CT molecular complexity index is 1130. The average molecular weight is 391 g/mol. The van der Waals surface area contributed by atoms with E-state index in [9.17, 15) is 0 Å². The first-order valence-electron chi connectivity index (χ1n) is 9.40. The molecule has 2 aromatic heterocycles. The van der Waals surface area contributed by atoms with E-state index < -0.39 is 0 Å². The van der Waals surface area contributed by atoms with Crippen LogP contribution in [0.25, 0.3) is 10.9 Å². The van der Waals surface area contributed by atoms with Crippen LogP contribution in [0.4, 0.5) is 0 Å². The molecule has 2 aromatic carbocycles. The zero-order valence-electron chi connectivity index (χ0n) is 16.4. The SMILES string of the molecule is Cc1ccc(Cn2c(C)c(C)c3ccnc(OCc4cccc(Cl)c4)c32)cc1. The molecule has 0 atom stereocenters. The smallest absolute Gasteiger partial charge is 0.238 e. The van der Waals surface area contributed by atoms with Crippen molar-refractivity contribution in [3.8, 4) is 5.88 Å². The molecule has 4 heteroatoms. The van der Waals surface area contributed by atoms with E-state index in [1.165, 1.54) is 27.8 Å². The van der Waals surface area contributed by atoms with E-state index >= 15 is 0 Å². The summed E-state index contributed by atoms with van der Waals surface area (Å²) >= 11 is 6.10. The standard InChI is InChI=1S/C24H23ClN2O/c1-16-7-9-19(10-8-16)14-27-18(3)17(2)22-11-12-26-24(23(22)27)28-15-20-5-4-6-21(25)13-20/h4-13H,14-15H2,1-3H3. The number of fused-ring (bicyclic) bond motifs is 1. The molecule has 0 bridgehead atoms. The number of hydrogen-bond donors (Lipinski definition) is 0. The summed E-state index contributed by atoms with van der Waals surface area (Å²) in [6, 6.07) is 18.5. The molecule has 0 amide bonds. The van der Waals surface area contributed by atoms with E-state index in [0.717, 1.165) is 17.6 Å². The maximum absolute atomic E-state index is 6.14. The number of nitrogens with zero attached hydrogens (tertiary/aromatic N) is 2. The monoisotopic (exact) mass is 390 g/mol. The highest BCUT2D eigenvalue weighted by atomic mass is 35.5. The second kappa shape index (κ2) is 7.69. The number of ether oxygens (including phenoxy) is 1. The first-order valence-corrected chi connectivity index (χ1v) is 9.78. The lowest BCUT2D eigenvalue weighted by atomic mass is 10.1. The molecule has 3 nitrogen and oxygen atoms in total. The van der Waals surface area contributed by atoms with Gasteiger partial charge in [-0.1, -0.05) is 53.6 Å². The number of hydrogen-bond acceptors (Lipinski definition) is 2. The van der Waals surface area contributed by atoms with Gasteiger partial charge in [-0.25, -0.2) is 4.98 Å². The lowest BCUT2D eigenvalue weighted by molar-refractivity contribution is 0.296. The number of pyridine rings is 1. The van der Waals surface area contributed by atoms with E-state index in [4.69, 9.17) is 16.3 Å². The van der Waals surface area contributed by atoms with Crippen molar-refractivity contribution < 1.29 is 4.74 Å². The zero-order valence-corrected chi connectivity index (χ0v) is 17.1. The Hall–Kier alpha value is -2.78. The topological polar surface area (TPSA) is 27.1 Å². The summed E-state index contributed by atoms with van der Waals surface area (Å²) < 4.78 is 8.44. The van der Waals surface area contributed by atoms with Crippen molar-refractivity contribution in [2.75, 3.05) is 0 Å². The van der Waals surface area contributed by atoms with Crippen LogP contribution in [0.2, 0.25) is 5.02 Å². The van der Waals surface area contributed by atoms with E-state index in [1.54, 1.807) is 0 Å². The molecule has 0 radical (unpaired) electrons. The van der Waals surface area contributed by atoms with Gasteiger partial charge in [0.05, 0.1) is 0 Å². The van der Waals surface area contributed by atoms with Gasteiger partial charge in [0.1, 0.15) is 12.1 Å². The third-order valence-electron chi connectivity index (χ3n) is 5.24. The third-order valence-corrected chi connectivity index (χ3v) is 5.47. The molecule has 0 aliphatic heterocycles. The van der Waals surface area contributed by atoms with Crippen molar-refractivity contribution in [2.24, 2.45) is 0 Å². The molecule has 0 aliphatic rings. The summed E-state index contributed by atoms with van der Waals surface area (Å²) in [5.74, 6) is 0.654. The first-order chi connectivity index (χ1) is 13.5. The van der Waals surface area contributed by atoms with Crippen molar-refractivity contribution in [1.82, 2.24) is 9.55 Å². The van der Waals surface area contributed by atoms with Crippen molar-refractivity contribution in [2.45, 2.75) is 33.9 Å². The molecule has 4 rings (SSSR count). The molecule has 0 N–H and O–H groups in total. The fourth-order valence-corrected chi connectivity index (χ4v) is 3.73. The van der Waals surface area contributed by atoms with Crippen LogP contribution in [0.1, 0.15) is 27.9 Å². The van der Waals surface area contributed by atoms with E-state index in [0.29, 0.717) is 17.5 Å². The maximum atomic E-state index is 6.14. The fraction of sp³-hybridized carbons (Fsp3) is 0.208.